The maximum absolute atomic E-state index is 12.0. The van der Waals surface area contributed by atoms with Crippen LogP contribution in [-0.4, -0.2) is 16.4 Å². The first-order valence-corrected chi connectivity index (χ1v) is 6.41. The third-order valence-corrected chi connectivity index (χ3v) is 3.29. The summed E-state index contributed by atoms with van der Waals surface area (Å²) < 4.78 is 1.99. The molecule has 0 spiro atoms. The second kappa shape index (κ2) is 5.69. The van der Waals surface area contributed by atoms with Gasteiger partial charge in [0.05, 0.1) is 0 Å². The van der Waals surface area contributed by atoms with Crippen LogP contribution < -0.4 is 5.32 Å². The minimum Gasteiger partial charge on any atom is -0.337 e. The zero-order chi connectivity index (χ0) is 13.8. The molecule has 0 aliphatic carbocycles. The topological polar surface area (TPSA) is 51.1 Å². The highest BCUT2D eigenvalue weighted by atomic mass is 16.2. The van der Waals surface area contributed by atoms with E-state index in [1.807, 2.05) is 54.8 Å². The summed E-state index contributed by atoms with van der Waals surface area (Å²) in [5, 5.41) is 2.41. The highest BCUT2D eigenvalue weighted by molar-refractivity contribution is 5.99. The fourth-order valence-electron chi connectivity index (χ4n) is 2.38. The molecule has 0 bridgehead atoms. The van der Waals surface area contributed by atoms with Crippen LogP contribution >= 0.6 is 0 Å². The summed E-state index contributed by atoms with van der Waals surface area (Å²) in [6.45, 7) is 3.94. The Hall–Kier alpha value is -2.10. The minimum absolute atomic E-state index is 0.187. The van der Waals surface area contributed by atoms with Crippen LogP contribution in [0.4, 0.5) is 0 Å². The van der Waals surface area contributed by atoms with E-state index in [1.165, 1.54) is 0 Å². The molecule has 1 unspecified atom stereocenters. The lowest BCUT2D eigenvalue weighted by Gasteiger charge is -2.26. The van der Waals surface area contributed by atoms with Crippen molar-refractivity contribution in [3.8, 4) is 0 Å². The van der Waals surface area contributed by atoms with E-state index in [-0.39, 0.29) is 17.9 Å². The molecule has 1 fully saturated rings. The average Bonchev–Trinajstić information content (AvgIpc) is 2.43. The molecule has 1 saturated heterocycles. The summed E-state index contributed by atoms with van der Waals surface area (Å²) >= 11 is 0. The Labute approximate surface area is 112 Å². The SMILES string of the molecule is Cc1ccccccc(C)n1C1CCC(=O)NC1=O. The summed E-state index contributed by atoms with van der Waals surface area (Å²) in [6, 6.07) is 11.4. The monoisotopic (exact) mass is 258 g/mol. The van der Waals surface area contributed by atoms with Crippen LogP contribution in [0.5, 0.6) is 0 Å². The van der Waals surface area contributed by atoms with E-state index in [4.69, 9.17) is 0 Å². The van der Waals surface area contributed by atoms with Gasteiger partial charge in [-0.15, -0.1) is 0 Å². The van der Waals surface area contributed by atoms with Gasteiger partial charge < -0.3 is 4.57 Å². The predicted molar refractivity (Wildman–Crippen MR) is 73.0 cm³/mol. The molecule has 0 radical (unpaired) electrons. The van der Waals surface area contributed by atoms with Crippen LogP contribution in [0.1, 0.15) is 30.3 Å². The average molecular weight is 258 g/mol. The van der Waals surface area contributed by atoms with Crippen molar-refractivity contribution < 1.29 is 9.59 Å². The first-order valence-electron chi connectivity index (χ1n) is 6.41. The molecule has 4 nitrogen and oxygen atoms in total. The summed E-state index contributed by atoms with van der Waals surface area (Å²) in [4.78, 5) is 23.3. The molecular formula is C15H18N2O2. The molecule has 0 saturated carbocycles. The molecule has 1 aromatic heterocycles. The third-order valence-electron chi connectivity index (χ3n) is 3.29. The number of aryl methyl sites for hydroxylation is 2. The van der Waals surface area contributed by atoms with Crippen molar-refractivity contribution in [2.45, 2.75) is 32.7 Å². The highest BCUT2D eigenvalue weighted by Crippen LogP contribution is 2.21. The summed E-state index contributed by atoms with van der Waals surface area (Å²) in [7, 11) is 0. The van der Waals surface area contributed by atoms with Gasteiger partial charge in [0.25, 0.3) is 0 Å². The molecule has 2 amide bonds. The Morgan fingerprint density at radius 2 is 1.63 bits per heavy atom. The van der Waals surface area contributed by atoms with Crippen LogP contribution in [0.15, 0.2) is 36.4 Å². The van der Waals surface area contributed by atoms with Gasteiger partial charge in [0.2, 0.25) is 11.8 Å². The van der Waals surface area contributed by atoms with E-state index in [0.717, 1.165) is 11.4 Å². The number of carbonyl (C=O) groups excluding carboxylic acids is 2. The first kappa shape index (κ1) is 13.3. The number of hydrogen-bond acceptors (Lipinski definition) is 2. The zero-order valence-electron chi connectivity index (χ0n) is 11.2. The molecule has 1 atom stereocenters. The fraction of sp³-hybridized carbons (Fsp3) is 0.333. The minimum atomic E-state index is -0.315. The Balaban J connectivity index is 2.53. The molecule has 1 aliphatic heterocycles. The quantitative estimate of drug-likeness (QED) is 0.785. The molecule has 100 valence electrons. The lowest BCUT2D eigenvalue weighted by molar-refractivity contribution is -0.135. The fourth-order valence-corrected chi connectivity index (χ4v) is 2.38. The number of piperidine rings is 1. The number of carbonyl (C=O) groups is 2. The maximum Gasteiger partial charge on any atom is 0.249 e. The second-order valence-corrected chi connectivity index (χ2v) is 4.72. The highest BCUT2D eigenvalue weighted by Gasteiger charge is 2.28. The molecule has 0 aromatic carbocycles. The number of rotatable bonds is 1. The van der Waals surface area contributed by atoms with Crippen LogP contribution in [0, 0.1) is 13.8 Å². The van der Waals surface area contributed by atoms with Gasteiger partial charge in [-0.1, -0.05) is 24.3 Å². The second-order valence-electron chi connectivity index (χ2n) is 4.72. The zero-order valence-corrected chi connectivity index (χ0v) is 11.2. The molecule has 2 heterocycles. The molecular weight excluding hydrogens is 240 g/mol. The van der Waals surface area contributed by atoms with Crippen LogP contribution in [0.2, 0.25) is 0 Å². The lowest BCUT2D eigenvalue weighted by atomic mass is 10.0. The van der Waals surface area contributed by atoms with E-state index in [1.54, 1.807) is 0 Å². The van der Waals surface area contributed by atoms with Gasteiger partial charge in [-0.3, -0.25) is 14.9 Å². The molecule has 1 aliphatic rings. The Bertz CT molecular complexity index is 529. The van der Waals surface area contributed by atoms with E-state index in [9.17, 15) is 9.59 Å². The Morgan fingerprint density at radius 3 is 2.16 bits per heavy atom. The number of hydrogen-bond donors (Lipinski definition) is 1. The van der Waals surface area contributed by atoms with Gasteiger partial charge in [-0.2, -0.15) is 0 Å². The van der Waals surface area contributed by atoms with Gasteiger partial charge in [-0.05, 0) is 32.4 Å². The smallest absolute Gasteiger partial charge is 0.249 e. The van der Waals surface area contributed by atoms with Crippen LogP contribution in [0.3, 0.4) is 0 Å². The summed E-state index contributed by atoms with van der Waals surface area (Å²) in [5.74, 6) is -0.405. The van der Waals surface area contributed by atoms with Crippen molar-refractivity contribution in [2.24, 2.45) is 0 Å². The first-order chi connectivity index (χ1) is 9.09. The van der Waals surface area contributed by atoms with Gasteiger partial charge in [0.1, 0.15) is 6.04 Å². The van der Waals surface area contributed by atoms with Crippen molar-refractivity contribution >= 4 is 11.8 Å². The number of nitrogens with one attached hydrogen (secondary N) is 1. The normalized spacial score (nSPS) is 18.7. The maximum atomic E-state index is 12.0. The number of imide groups is 1. The van der Waals surface area contributed by atoms with Gasteiger partial charge in [0.15, 0.2) is 0 Å². The molecule has 2 rings (SSSR count). The molecule has 4 heteroatoms. The van der Waals surface area contributed by atoms with Crippen molar-refractivity contribution in [3.63, 3.8) is 0 Å². The molecule has 19 heavy (non-hydrogen) atoms. The van der Waals surface area contributed by atoms with Crippen molar-refractivity contribution in [1.29, 1.82) is 0 Å². The largest absolute Gasteiger partial charge is 0.337 e. The summed E-state index contributed by atoms with van der Waals surface area (Å²) in [5.41, 5.74) is 1.98. The van der Waals surface area contributed by atoms with Gasteiger partial charge >= 0.3 is 0 Å². The number of aromatic nitrogens is 1. The van der Waals surface area contributed by atoms with Crippen molar-refractivity contribution in [1.82, 2.24) is 9.88 Å². The van der Waals surface area contributed by atoms with E-state index < -0.39 is 0 Å². The van der Waals surface area contributed by atoms with Crippen LogP contribution in [-0.2, 0) is 9.59 Å². The summed E-state index contributed by atoms with van der Waals surface area (Å²) in [6.07, 6.45) is 0.938. The van der Waals surface area contributed by atoms with Crippen LogP contribution in [0.25, 0.3) is 0 Å². The lowest BCUT2D eigenvalue weighted by Crippen LogP contribution is -2.42. The predicted octanol–water partition coefficient (Wildman–Crippen LogP) is 2.21. The van der Waals surface area contributed by atoms with Crippen molar-refractivity contribution in [3.05, 3.63) is 47.8 Å². The van der Waals surface area contributed by atoms with E-state index in [2.05, 4.69) is 5.32 Å². The standard InChI is InChI=1S/C15H18N2O2/c1-11-7-5-3-4-6-8-12(2)17(11)13-9-10-14(18)16-15(13)19/h3-8,13H,9-10H2,1-2H3,(H,16,18,19). The van der Waals surface area contributed by atoms with Gasteiger partial charge in [0, 0.05) is 17.8 Å². The molecule has 1 aromatic rings. The molecule has 1 N–H and O–H groups in total. The van der Waals surface area contributed by atoms with Gasteiger partial charge in [-0.25, -0.2) is 0 Å². The van der Waals surface area contributed by atoms with E-state index in [0.29, 0.717) is 12.8 Å². The number of amides is 2. The number of nitrogens with zero attached hydrogens (tertiary/aromatic N) is 1. The third kappa shape index (κ3) is 3.02. The van der Waals surface area contributed by atoms with Crippen molar-refractivity contribution in [2.75, 3.05) is 0 Å². The Morgan fingerprint density at radius 1 is 1.05 bits per heavy atom. The van der Waals surface area contributed by atoms with E-state index >= 15 is 0 Å². The Kier molecular flexibility index (Phi) is 4.00.